The van der Waals surface area contributed by atoms with Crippen LogP contribution in [0.5, 0.6) is 0 Å². The van der Waals surface area contributed by atoms with Gasteiger partial charge in [0.15, 0.2) is 6.21 Å². The highest BCUT2D eigenvalue weighted by atomic mass is 16.4. The minimum absolute atomic E-state index is 0.389. The van der Waals surface area contributed by atoms with Crippen molar-refractivity contribution < 1.29 is 15.1 Å². The maximum absolute atomic E-state index is 9.29. The number of oxime groups is 1. The van der Waals surface area contributed by atoms with Crippen LogP contribution in [-0.4, -0.2) is 22.5 Å². The lowest BCUT2D eigenvalue weighted by Crippen LogP contribution is -1.93. The van der Waals surface area contributed by atoms with E-state index in [0.717, 1.165) is 0 Å². The first-order valence-corrected chi connectivity index (χ1v) is 1.17. The molecule has 0 aliphatic carbocycles. The first-order valence-electron chi connectivity index (χ1n) is 1.17. The van der Waals surface area contributed by atoms with Crippen molar-refractivity contribution in [3.63, 3.8) is 0 Å². The molecular formula is C2H3NO3. The Bertz CT molecular complexity index is 76.9. The van der Waals surface area contributed by atoms with Crippen LogP contribution in [0.2, 0.25) is 0 Å². The van der Waals surface area contributed by atoms with Gasteiger partial charge in [0, 0.05) is 0 Å². The van der Waals surface area contributed by atoms with Crippen molar-refractivity contribution in [3.8, 4) is 0 Å². The summed E-state index contributed by atoms with van der Waals surface area (Å²) in [6.07, 6.45) is 0.389. The van der Waals surface area contributed by atoms with Gasteiger partial charge in [0.1, 0.15) is 0 Å². The van der Waals surface area contributed by atoms with Crippen molar-refractivity contribution in [2.24, 2.45) is 5.16 Å². The summed E-state index contributed by atoms with van der Waals surface area (Å²) in [7, 11) is 0. The highest BCUT2D eigenvalue weighted by Crippen LogP contribution is 1.50. The third-order valence-corrected chi connectivity index (χ3v) is 0.168. The van der Waals surface area contributed by atoms with Gasteiger partial charge in [0.05, 0.1) is 0 Å². The van der Waals surface area contributed by atoms with Gasteiger partial charge in [-0.05, 0) is 0 Å². The van der Waals surface area contributed by atoms with E-state index in [2.05, 4.69) is 5.16 Å². The molecule has 0 aliphatic rings. The number of hydrogen-bond acceptors (Lipinski definition) is 3. The quantitative estimate of drug-likeness (QED) is 0.259. The summed E-state index contributed by atoms with van der Waals surface area (Å²) in [6.45, 7) is 0. The molecule has 0 atom stereocenters. The van der Waals surface area contributed by atoms with Crippen LogP contribution in [0, 0.1) is 0 Å². The molecule has 2 N–H and O–H groups in total. The van der Waals surface area contributed by atoms with Crippen LogP contribution in [0.1, 0.15) is 0 Å². The largest absolute Gasteiger partial charge is 0.477 e. The Hall–Kier alpha value is -1.06. The van der Waals surface area contributed by atoms with Gasteiger partial charge < -0.3 is 10.3 Å². The van der Waals surface area contributed by atoms with Crippen LogP contribution >= 0.6 is 0 Å². The van der Waals surface area contributed by atoms with E-state index in [1.807, 2.05) is 0 Å². The molecule has 0 fully saturated rings. The molecule has 0 radical (unpaired) electrons. The molecule has 4 heteroatoms. The van der Waals surface area contributed by atoms with Gasteiger partial charge >= 0.3 is 5.97 Å². The molecule has 0 aromatic rings. The van der Waals surface area contributed by atoms with Crippen molar-refractivity contribution in [3.05, 3.63) is 0 Å². The molecule has 0 unspecified atom stereocenters. The summed E-state index contributed by atoms with van der Waals surface area (Å²) in [4.78, 5) is 9.29. The zero-order valence-electron chi connectivity index (χ0n) is 2.83. The Morgan fingerprint density at radius 3 is 2.33 bits per heavy atom. The first kappa shape index (κ1) is 4.94. The smallest absolute Gasteiger partial charge is 0.350 e. The fourth-order valence-corrected chi connectivity index (χ4v) is 0.0494. The van der Waals surface area contributed by atoms with Crippen molar-refractivity contribution >= 4 is 12.2 Å². The van der Waals surface area contributed by atoms with Gasteiger partial charge in [-0.1, -0.05) is 5.16 Å². The number of carboxylic acid groups (broad SMARTS) is 1. The van der Waals surface area contributed by atoms with Crippen molar-refractivity contribution in [2.45, 2.75) is 0 Å². The highest BCUT2D eigenvalue weighted by Gasteiger charge is 1.80. The summed E-state index contributed by atoms with van der Waals surface area (Å²) in [5.74, 6) is -1.25. The first-order chi connectivity index (χ1) is 2.77. The van der Waals surface area contributed by atoms with Gasteiger partial charge in [0.25, 0.3) is 0 Å². The molecule has 0 aromatic carbocycles. The zero-order chi connectivity index (χ0) is 4.99. The van der Waals surface area contributed by atoms with E-state index < -0.39 is 5.97 Å². The molecule has 0 saturated heterocycles. The van der Waals surface area contributed by atoms with Gasteiger partial charge in [-0.3, -0.25) is 0 Å². The summed E-state index contributed by atoms with van der Waals surface area (Å²) in [5, 5.41) is 17.2. The van der Waals surface area contributed by atoms with Gasteiger partial charge in [-0.2, -0.15) is 0 Å². The molecule has 6 heavy (non-hydrogen) atoms. The lowest BCUT2D eigenvalue weighted by molar-refractivity contribution is -0.128. The number of rotatable bonds is 1. The number of carboxylic acids is 1. The number of aliphatic carboxylic acids is 1. The molecule has 0 bridgehead atoms. The van der Waals surface area contributed by atoms with Crippen molar-refractivity contribution in [1.29, 1.82) is 0 Å². The molecule has 0 aliphatic heterocycles. The predicted octanol–water partition coefficient (Wildman–Crippen LogP) is -0.469. The van der Waals surface area contributed by atoms with E-state index in [-0.39, 0.29) is 0 Å². The minimum Gasteiger partial charge on any atom is -0.477 e. The normalized spacial score (nSPS) is 9.33. The van der Waals surface area contributed by atoms with E-state index in [0.29, 0.717) is 6.21 Å². The molecule has 0 saturated carbocycles. The number of hydrogen-bond donors (Lipinski definition) is 2. The summed E-state index contributed by atoms with van der Waals surface area (Å²) < 4.78 is 0. The van der Waals surface area contributed by atoms with E-state index >= 15 is 0 Å². The average Bonchev–Trinajstić information content (AvgIpc) is 1.35. The van der Waals surface area contributed by atoms with E-state index in [9.17, 15) is 4.79 Å². The van der Waals surface area contributed by atoms with Crippen LogP contribution in [0.15, 0.2) is 5.16 Å². The van der Waals surface area contributed by atoms with Crippen LogP contribution in [0.25, 0.3) is 0 Å². The average molecular weight is 89.0 g/mol. The topological polar surface area (TPSA) is 69.9 Å². The Balaban J connectivity index is 3.30. The molecule has 34 valence electrons. The lowest BCUT2D eigenvalue weighted by Gasteiger charge is -1.67. The Morgan fingerprint density at radius 2 is 2.33 bits per heavy atom. The molecule has 0 amide bonds. The van der Waals surface area contributed by atoms with Crippen molar-refractivity contribution in [2.75, 3.05) is 0 Å². The maximum atomic E-state index is 9.29. The Morgan fingerprint density at radius 1 is 1.83 bits per heavy atom. The monoisotopic (exact) mass is 89.0 g/mol. The lowest BCUT2D eigenvalue weighted by atomic mass is 10.8. The molecule has 0 spiro atoms. The molecular weight excluding hydrogens is 86.0 g/mol. The van der Waals surface area contributed by atoms with Crippen LogP contribution in [0.4, 0.5) is 0 Å². The second-order valence-corrected chi connectivity index (χ2v) is 0.583. The van der Waals surface area contributed by atoms with Crippen LogP contribution in [-0.2, 0) is 4.79 Å². The third-order valence-electron chi connectivity index (χ3n) is 0.168. The molecule has 4 nitrogen and oxygen atoms in total. The van der Waals surface area contributed by atoms with Crippen molar-refractivity contribution in [1.82, 2.24) is 0 Å². The van der Waals surface area contributed by atoms with E-state index in [4.69, 9.17) is 10.3 Å². The van der Waals surface area contributed by atoms with Crippen LogP contribution in [0.3, 0.4) is 0 Å². The Kier molecular flexibility index (Phi) is 1.81. The molecule has 0 rings (SSSR count). The van der Waals surface area contributed by atoms with Gasteiger partial charge in [-0.25, -0.2) is 4.79 Å². The summed E-state index contributed by atoms with van der Waals surface area (Å²) >= 11 is 0. The van der Waals surface area contributed by atoms with Gasteiger partial charge in [-0.15, -0.1) is 0 Å². The standard InChI is InChI=1S/C2H3NO3/c4-2(5)1-3-6/h1,6H,(H,4,5). The van der Waals surface area contributed by atoms with E-state index in [1.165, 1.54) is 0 Å². The Labute approximate surface area is 33.7 Å². The second-order valence-electron chi connectivity index (χ2n) is 0.583. The zero-order valence-corrected chi connectivity index (χ0v) is 2.83. The number of nitrogens with zero attached hydrogens (tertiary/aromatic N) is 1. The maximum Gasteiger partial charge on any atom is 0.350 e. The summed E-state index contributed by atoms with van der Waals surface area (Å²) in [5.41, 5.74) is 0. The molecule has 0 aromatic heterocycles. The van der Waals surface area contributed by atoms with Gasteiger partial charge in [0.2, 0.25) is 0 Å². The van der Waals surface area contributed by atoms with Crippen LogP contribution < -0.4 is 0 Å². The fourth-order valence-electron chi connectivity index (χ4n) is 0.0494. The second kappa shape index (κ2) is 2.19. The molecule has 0 heterocycles. The van der Waals surface area contributed by atoms with E-state index in [1.54, 1.807) is 0 Å². The summed E-state index contributed by atoms with van der Waals surface area (Å²) in [6, 6.07) is 0. The number of carbonyl (C=O) groups is 1. The third kappa shape index (κ3) is 2.94. The fraction of sp³-hybridized carbons (Fsp3) is 0. The SMILES string of the molecule is O=C(O)C=NO. The predicted molar refractivity (Wildman–Crippen MR) is 17.9 cm³/mol. The highest BCUT2D eigenvalue weighted by molar-refractivity contribution is 6.21. The minimum atomic E-state index is -1.25.